The normalized spacial score (nSPS) is 7.00. The zero-order valence-electron chi connectivity index (χ0n) is 11.4. The molecule has 0 saturated heterocycles. The standard InChI is InChI=1S/C6H14.C4H8O2.CH4O.H3NO/c1-3-5-6-4-2;1-3-6-4(2)5;2*1-2/h3-6H2,1-2H3;3H2,1-2H3;2H,1H3;1H3. The Hall–Kier alpha value is -0.650. The van der Waals surface area contributed by atoms with Crippen LogP contribution in [0.25, 0.3) is 0 Å². The van der Waals surface area contributed by atoms with E-state index >= 15 is 0 Å². The second-order valence-electron chi connectivity index (χ2n) is 2.63. The first-order valence-electron chi connectivity index (χ1n) is 5.55. The summed E-state index contributed by atoms with van der Waals surface area (Å²) < 4.78 is 4.40. The lowest BCUT2D eigenvalue weighted by Crippen LogP contribution is -2.37. The zero-order chi connectivity index (χ0) is 13.8. The third kappa shape index (κ3) is 71.1. The monoisotopic (exact) mass is 239 g/mol. The largest absolute Gasteiger partial charge is 0.637 e. The highest BCUT2D eigenvalue weighted by Crippen LogP contribution is 1.95. The van der Waals surface area contributed by atoms with Crippen molar-refractivity contribution < 1.29 is 20.5 Å². The Labute approximate surface area is 99.6 Å². The highest BCUT2D eigenvalue weighted by atomic mass is 16.5. The van der Waals surface area contributed by atoms with E-state index in [1.165, 1.54) is 32.6 Å². The van der Waals surface area contributed by atoms with E-state index in [0.29, 0.717) is 6.61 Å². The van der Waals surface area contributed by atoms with Crippen molar-refractivity contribution in [3.8, 4) is 0 Å². The van der Waals surface area contributed by atoms with Gasteiger partial charge in [-0.1, -0.05) is 39.5 Å². The first-order chi connectivity index (χ1) is 7.68. The van der Waals surface area contributed by atoms with Crippen molar-refractivity contribution in [1.82, 2.24) is 0 Å². The van der Waals surface area contributed by atoms with E-state index in [2.05, 4.69) is 18.6 Å². The number of quaternary nitrogens is 1. The van der Waals surface area contributed by atoms with E-state index in [1.54, 1.807) is 6.92 Å². The number of ether oxygens (including phenoxy) is 1. The molecule has 0 spiro atoms. The summed E-state index contributed by atoms with van der Waals surface area (Å²) in [4.78, 5) is 9.82. The molecule has 5 heteroatoms. The Morgan fingerprint density at radius 1 is 1.12 bits per heavy atom. The Morgan fingerprint density at radius 3 is 1.50 bits per heavy atom. The first kappa shape index (κ1) is 24.5. The number of carbonyl (C=O) groups excluding carboxylic acids is 1. The van der Waals surface area contributed by atoms with Gasteiger partial charge in [0, 0.05) is 14.0 Å². The minimum absolute atomic E-state index is 0.211. The maximum absolute atomic E-state index is 9.82. The van der Waals surface area contributed by atoms with Crippen molar-refractivity contribution in [3.63, 3.8) is 0 Å². The number of carbonyl (C=O) groups is 1. The van der Waals surface area contributed by atoms with Gasteiger partial charge >= 0.3 is 5.97 Å². The second-order valence-corrected chi connectivity index (χ2v) is 2.63. The lowest BCUT2D eigenvalue weighted by atomic mass is 10.2. The second kappa shape index (κ2) is 36.7. The molecule has 5 nitrogen and oxygen atoms in total. The van der Waals surface area contributed by atoms with Crippen LogP contribution in [0, 0.1) is 5.21 Å². The molecule has 16 heavy (non-hydrogen) atoms. The molecule has 0 saturated carbocycles. The third-order valence-electron chi connectivity index (χ3n) is 1.30. The summed E-state index contributed by atoms with van der Waals surface area (Å²) in [7, 11) is 1.00. The molecule has 0 aliphatic heterocycles. The molecule has 0 aliphatic carbocycles. The molecule has 0 atom stereocenters. The van der Waals surface area contributed by atoms with Crippen LogP contribution in [0.3, 0.4) is 0 Å². The number of aliphatic hydroxyl groups is 1. The van der Waals surface area contributed by atoms with Gasteiger partial charge in [-0.25, -0.2) is 0 Å². The van der Waals surface area contributed by atoms with Crippen molar-refractivity contribution in [2.45, 2.75) is 53.4 Å². The minimum Gasteiger partial charge on any atom is -0.637 e. The Bertz CT molecular complexity index is 96.0. The van der Waals surface area contributed by atoms with Crippen LogP contribution in [0.5, 0.6) is 0 Å². The fraction of sp³-hybridized carbons (Fsp3) is 0.909. The van der Waals surface area contributed by atoms with E-state index < -0.39 is 0 Å². The van der Waals surface area contributed by atoms with Crippen LogP contribution >= 0.6 is 0 Å². The Morgan fingerprint density at radius 2 is 1.44 bits per heavy atom. The number of hydrogen-bond donors (Lipinski definition) is 2. The van der Waals surface area contributed by atoms with Crippen LogP contribution in [-0.2, 0) is 9.53 Å². The molecule has 4 N–H and O–H groups in total. The van der Waals surface area contributed by atoms with Crippen molar-refractivity contribution in [1.29, 1.82) is 0 Å². The molecule has 0 aromatic rings. The zero-order valence-corrected chi connectivity index (χ0v) is 11.4. The number of rotatable bonds is 4. The minimum atomic E-state index is -0.211. The number of aliphatic hydroxyl groups excluding tert-OH is 1. The van der Waals surface area contributed by atoms with E-state index in [4.69, 9.17) is 10.3 Å². The lowest BCUT2D eigenvalue weighted by molar-refractivity contribution is -0.275. The van der Waals surface area contributed by atoms with Gasteiger partial charge in [0.2, 0.25) is 0 Å². The molecule has 0 aromatic carbocycles. The van der Waals surface area contributed by atoms with Gasteiger partial charge in [-0.3, -0.25) is 4.79 Å². The molecular formula is C11H29NO4. The topological polar surface area (TPSA) is 97.2 Å². The van der Waals surface area contributed by atoms with Crippen LogP contribution in [0.4, 0.5) is 0 Å². The number of unbranched alkanes of at least 4 members (excludes halogenated alkanes) is 3. The molecule has 0 amide bonds. The summed E-state index contributed by atoms with van der Waals surface area (Å²) in [5, 5.41) is 15.0. The van der Waals surface area contributed by atoms with Crippen molar-refractivity contribution >= 4 is 5.97 Å². The summed E-state index contributed by atoms with van der Waals surface area (Å²) >= 11 is 0. The number of esters is 1. The van der Waals surface area contributed by atoms with Gasteiger partial charge in [0.1, 0.15) is 0 Å². The average molecular weight is 239 g/mol. The quantitative estimate of drug-likeness (QED) is 0.441. The maximum atomic E-state index is 9.82. The Kier molecular flexibility index (Phi) is 56.3. The molecule has 0 bridgehead atoms. The molecule has 0 heterocycles. The van der Waals surface area contributed by atoms with Crippen LogP contribution in [0.2, 0.25) is 0 Å². The number of hydrogen-bond acceptors (Lipinski definition) is 4. The highest BCUT2D eigenvalue weighted by molar-refractivity contribution is 5.65. The van der Waals surface area contributed by atoms with Gasteiger partial charge in [0.05, 0.1) is 6.61 Å². The van der Waals surface area contributed by atoms with E-state index in [1.807, 2.05) is 5.90 Å². The molecule has 0 rings (SSSR count). The lowest BCUT2D eigenvalue weighted by Gasteiger charge is -1.89. The van der Waals surface area contributed by atoms with Crippen LogP contribution in [0.1, 0.15) is 53.4 Å². The summed E-state index contributed by atoms with van der Waals surface area (Å²) in [6.07, 6.45) is 5.54. The molecule has 0 radical (unpaired) electrons. The average Bonchev–Trinajstić information content (AvgIpc) is 2.32. The molecular weight excluding hydrogens is 210 g/mol. The van der Waals surface area contributed by atoms with E-state index in [9.17, 15) is 4.79 Å². The van der Waals surface area contributed by atoms with Gasteiger partial charge in [-0.2, -0.15) is 0 Å². The van der Waals surface area contributed by atoms with Crippen molar-refractivity contribution in [2.75, 3.05) is 13.7 Å². The van der Waals surface area contributed by atoms with Gasteiger partial charge in [0.25, 0.3) is 0 Å². The van der Waals surface area contributed by atoms with Crippen LogP contribution in [-0.4, -0.2) is 24.8 Å². The van der Waals surface area contributed by atoms with Gasteiger partial charge in [-0.15, -0.1) is 0 Å². The Balaban J connectivity index is -0.0000000686. The SMILES string of the molecule is CCCCCC.CCOC(C)=O.CO.[NH3+][O-]. The van der Waals surface area contributed by atoms with Crippen molar-refractivity contribution in [2.24, 2.45) is 0 Å². The summed E-state index contributed by atoms with van der Waals surface area (Å²) in [5.41, 5.74) is 0. The van der Waals surface area contributed by atoms with E-state index in [-0.39, 0.29) is 5.97 Å². The van der Waals surface area contributed by atoms with Gasteiger partial charge in [0.15, 0.2) is 0 Å². The maximum Gasteiger partial charge on any atom is 0.302 e. The predicted molar refractivity (Wildman–Crippen MR) is 66.5 cm³/mol. The molecule has 0 aliphatic rings. The van der Waals surface area contributed by atoms with Gasteiger partial charge < -0.3 is 20.9 Å². The summed E-state index contributed by atoms with van der Waals surface area (Å²) in [6, 6.07) is 0. The summed E-state index contributed by atoms with van der Waals surface area (Å²) in [5.74, 6) is 1.79. The third-order valence-corrected chi connectivity index (χ3v) is 1.30. The fourth-order valence-corrected chi connectivity index (χ4v) is 0.703. The smallest absolute Gasteiger partial charge is 0.302 e. The highest BCUT2D eigenvalue weighted by Gasteiger charge is 1.81. The van der Waals surface area contributed by atoms with Crippen LogP contribution < -0.4 is 5.90 Å². The van der Waals surface area contributed by atoms with Gasteiger partial charge in [-0.05, 0) is 6.92 Å². The van der Waals surface area contributed by atoms with Crippen molar-refractivity contribution in [3.05, 3.63) is 5.21 Å². The first-order valence-corrected chi connectivity index (χ1v) is 5.55. The van der Waals surface area contributed by atoms with E-state index in [0.717, 1.165) is 7.11 Å². The molecule has 0 unspecified atom stereocenters. The van der Waals surface area contributed by atoms with Crippen LogP contribution in [0.15, 0.2) is 0 Å². The summed E-state index contributed by atoms with van der Waals surface area (Å²) in [6.45, 7) is 8.12. The predicted octanol–water partition coefficient (Wildman–Crippen LogP) is 1.49. The molecule has 102 valence electrons. The fourth-order valence-electron chi connectivity index (χ4n) is 0.703. The molecule has 0 aromatic heterocycles. The molecule has 0 fully saturated rings.